The van der Waals surface area contributed by atoms with E-state index in [9.17, 15) is 18.0 Å². The van der Waals surface area contributed by atoms with Crippen molar-refractivity contribution in [2.75, 3.05) is 49.6 Å². The number of H-pyrrole nitrogens is 1. The monoisotopic (exact) mass is 547 g/mol. The highest BCUT2D eigenvalue weighted by Gasteiger charge is 2.36. The van der Waals surface area contributed by atoms with Crippen molar-refractivity contribution in [2.24, 2.45) is 0 Å². The summed E-state index contributed by atoms with van der Waals surface area (Å²) >= 11 is 0. The number of likely N-dealkylation sites (tertiary alicyclic amines) is 1. The number of hydrogen-bond acceptors (Lipinski definition) is 8. The molecule has 2 saturated heterocycles. The van der Waals surface area contributed by atoms with Crippen molar-refractivity contribution in [1.29, 1.82) is 0 Å². The number of aromatic amines is 1. The molecule has 3 aromatic heterocycles. The second-order valence-corrected chi connectivity index (χ2v) is 10.7. The Labute approximate surface area is 223 Å². The maximum absolute atomic E-state index is 14.0. The highest BCUT2D eigenvalue weighted by molar-refractivity contribution is 5.94. The fourth-order valence-corrected chi connectivity index (χ4v) is 4.79. The largest absolute Gasteiger partial charge is 0.444 e. The van der Waals surface area contributed by atoms with Crippen molar-refractivity contribution in [3.05, 3.63) is 30.1 Å². The summed E-state index contributed by atoms with van der Waals surface area (Å²) in [5, 5.41) is 3.65. The molecule has 10 nitrogen and oxygen atoms in total. The number of nitrogens with zero attached hydrogens (tertiary/aromatic N) is 5. The highest BCUT2D eigenvalue weighted by Crippen LogP contribution is 2.39. The van der Waals surface area contributed by atoms with Gasteiger partial charge in [-0.2, -0.15) is 13.2 Å². The van der Waals surface area contributed by atoms with Crippen LogP contribution in [0.3, 0.4) is 0 Å². The van der Waals surface area contributed by atoms with Crippen molar-refractivity contribution in [2.45, 2.75) is 51.4 Å². The lowest BCUT2D eigenvalue weighted by Gasteiger charge is -2.34. The Morgan fingerprint density at radius 1 is 1.15 bits per heavy atom. The number of carbonyl (C=O) groups is 1. The van der Waals surface area contributed by atoms with E-state index in [1.165, 1.54) is 6.20 Å². The van der Waals surface area contributed by atoms with Crippen molar-refractivity contribution in [3.8, 4) is 11.3 Å². The maximum Gasteiger partial charge on any atom is 0.419 e. The third kappa shape index (κ3) is 6.18. The number of alkyl halides is 3. The average Bonchev–Trinajstić information content (AvgIpc) is 3.31. The Bertz CT molecular complexity index is 1330. The molecule has 2 N–H and O–H groups in total. The van der Waals surface area contributed by atoms with Crippen LogP contribution in [0.25, 0.3) is 22.3 Å². The van der Waals surface area contributed by atoms with Gasteiger partial charge < -0.3 is 29.6 Å². The lowest BCUT2D eigenvalue weighted by Crippen LogP contribution is -2.47. The Morgan fingerprint density at radius 3 is 2.64 bits per heavy atom. The molecule has 5 rings (SSSR count). The third-order valence-electron chi connectivity index (χ3n) is 6.61. The van der Waals surface area contributed by atoms with Crippen LogP contribution in [0.15, 0.2) is 24.5 Å². The van der Waals surface area contributed by atoms with Gasteiger partial charge in [0.05, 0.1) is 18.9 Å². The number of hydrogen-bond donors (Lipinski definition) is 2. The van der Waals surface area contributed by atoms with Gasteiger partial charge in [0.25, 0.3) is 0 Å². The molecule has 1 amide bonds. The molecule has 3 aromatic rings. The van der Waals surface area contributed by atoms with Gasteiger partial charge in [-0.25, -0.2) is 19.7 Å². The molecular formula is C26H32F3N7O3. The zero-order valence-corrected chi connectivity index (χ0v) is 22.1. The second kappa shape index (κ2) is 10.5. The minimum atomic E-state index is -4.66. The molecule has 0 aromatic carbocycles. The number of pyridine rings is 1. The molecule has 0 aliphatic carbocycles. The molecule has 39 heavy (non-hydrogen) atoms. The number of halogens is 3. The Morgan fingerprint density at radius 2 is 1.92 bits per heavy atom. The zero-order chi connectivity index (χ0) is 27.8. The molecule has 2 fully saturated rings. The van der Waals surface area contributed by atoms with Crippen LogP contribution in [0.2, 0.25) is 0 Å². The minimum Gasteiger partial charge on any atom is -0.444 e. The second-order valence-electron chi connectivity index (χ2n) is 10.7. The van der Waals surface area contributed by atoms with E-state index >= 15 is 0 Å². The summed E-state index contributed by atoms with van der Waals surface area (Å²) in [6, 6.07) is 3.32. The molecule has 210 valence electrons. The summed E-state index contributed by atoms with van der Waals surface area (Å²) in [6.45, 7) is 8.84. The van der Waals surface area contributed by atoms with Crippen LogP contribution in [-0.4, -0.2) is 82.0 Å². The summed E-state index contributed by atoms with van der Waals surface area (Å²) in [7, 11) is 0. The number of fused-ring (bicyclic) bond motifs is 1. The summed E-state index contributed by atoms with van der Waals surface area (Å²) in [5.41, 5.74) is -1.06. The predicted molar refractivity (Wildman–Crippen MR) is 140 cm³/mol. The standard InChI is InChI=1S/C26H32F3N7O3/c1-25(2,3)39-24(37)36-8-4-5-16(15-36)32-23-31-14-19(26(27,28)29)21(34-23)18-13-30-22-17(18)6-7-20(33-22)35-9-11-38-12-10-35/h6-7,13-14,16H,4-5,8-12,15H2,1-3H3,(H,30,33)(H,31,32,34). The number of morpholine rings is 1. The van der Waals surface area contributed by atoms with E-state index in [1.54, 1.807) is 37.8 Å². The average molecular weight is 548 g/mol. The molecule has 0 saturated carbocycles. The molecule has 2 aliphatic rings. The van der Waals surface area contributed by atoms with E-state index in [4.69, 9.17) is 9.47 Å². The number of nitrogens with one attached hydrogen (secondary N) is 2. The van der Waals surface area contributed by atoms with Crippen LogP contribution >= 0.6 is 0 Å². The van der Waals surface area contributed by atoms with Crippen molar-refractivity contribution >= 4 is 28.9 Å². The highest BCUT2D eigenvalue weighted by atomic mass is 19.4. The van der Waals surface area contributed by atoms with Gasteiger partial charge in [-0.1, -0.05) is 0 Å². The summed E-state index contributed by atoms with van der Waals surface area (Å²) in [4.78, 5) is 32.1. The van der Waals surface area contributed by atoms with E-state index in [0.717, 1.165) is 12.0 Å². The van der Waals surface area contributed by atoms with Crippen molar-refractivity contribution in [3.63, 3.8) is 0 Å². The molecule has 1 unspecified atom stereocenters. The van der Waals surface area contributed by atoms with E-state index < -0.39 is 23.4 Å². The van der Waals surface area contributed by atoms with Gasteiger partial charge in [-0.3, -0.25) is 0 Å². The number of carbonyl (C=O) groups excluding carboxylic acids is 1. The van der Waals surface area contributed by atoms with Gasteiger partial charge >= 0.3 is 12.3 Å². The van der Waals surface area contributed by atoms with Crippen molar-refractivity contribution in [1.82, 2.24) is 24.8 Å². The van der Waals surface area contributed by atoms with Gasteiger partial charge in [-0.15, -0.1) is 0 Å². The first-order valence-electron chi connectivity index (χ1n) is 13.0. The Balaban J connectivity index is 1.41. The number of rotatable bonds is 4. The van der Waals surface area contributed by atoms with Crippen LogP contribution < -0.4 is 10.2 Å². The lowest BCUT2D eigenvalue weighted by molar-refractivity contribution is -0.137. The number of amides is 1. The minimum absolute atomic E-state index is 0.0567. The number of piperidine rings is 1. The predicted octanol–water partition coefficient (Wildman–Crippen LogP) is 4.69. The van der Waals surface area contributed by atoms with Crippen LogP contribution in [0.1, 0.15) is 39.2 Å². The van der Waals surface area contributed by atoms with Gasteiger partial charge in [0.15, 0.2) is 0 Å². The smallest absolute Gasteiger partial charge is 0.419 e. The van der Waals surface area contributed by atoms with Crippen LogP contribution in [-0.2, 0) is 15.7 Å². The quantitative estimate of drug-likeness (QED) is 0.485. The summed E-state index contributed by atoms with van der Waals surface area (Å²) in [5.74, 6) is 0.786. The van der Waals surface area contributed by atoms with Crippen LogP contribution in [0.4, 0.5) is 29.7 Å². The fraction of sp³-hybridized carbons (Fsp3) is 0.538. The zero-order valence-electron chi connectivity index (χ0n) is 22.1. The van der Waals surface area contributed by atoms with E-state index in [0.29, 0.717) is 63.3 Å². The maximum atomic E-state index is 14.0. The topological polar surface area (TPSA) is 108 Å². The molecule has 2 aliphatic heterocycles. The van der Waals surface area contributed by atoms with E-state index in [1.807, 2.05) is 0 Å². The van der Waals surface area contributed by atoms with Crippen LogP contribution in [0, 0.1) is 0 Å². The number of ether oxygens (including phenoxy) is 2. The number of anilines is 2. The van der Waals surface area contributed by atoms with E-state index in [-0.39, 0.29) is 23.2 Å². The molecule has 0 bridgehead atoms. The first-order valence-corrected chi connectivity index (χ1v) is 13.0. The molecule has 13 heteroatoms. The molecule has 5 heterocycles. The molecule has 0 radical (unpaired) electrons. The molecular weight excluding hydrogens is 515 g/mol. The fourth-order valence-electron chi connectivity index (χ4n) is 4.79. The van der Waals surface area contributed by atoms with Crippen LogP contribution in [0.5, 0.6) is 0 Å². The first-order chi connectivity index (χ1) is 18.5. The lowest BCUT2D eigenvalue weighted by atomic mass is 10.1. The van der Waals surface area contributed by atoms with Gasteiger partial charge in [-0.05, 0) is 45.7 Å². The van der Waals surface area contributed by atoms with Crippen molar-refractivity contribution < 1.29 is 27.4 Å². The van der Waals surface area contributed by atoms with Gasteiger partial charge in [0.1, 0.15) is 22.6 Å². The molecule has 0 spiro atoms. The Kier molecular flexibility index (Phi) is 7.27. The van der Waals surface area contributed by atoms with E-state index in [2.05, 4.69) is 30.2 Å². The summed E-state index contributed by atoms with van der Waals surface area (Å²) < 4.78 is 52.9. The Hall–Kier alpha value is -3.61. The van der Waals surface area contributed by atoms with Gasteiger partial charge in [0, 0.05) is 55.6 Å². The SMILES string of the molecule is CC(C)(C)OC(=O)N1CCCC(Nc2ncc(C(F)(F)F)c(-c3c[nH]c4nc(N5CCOCC5)ccc34)n2)C1. The van der Waals surface area contributed by atoms with Gasteiger partial charge in [0.2, 0.25) is 5.95 Å². The normalized spacial score (nSPS) is 18.9. The molecule has 1 atom stereocenters. The third-order valence-corrected chi connectivity index (χ3v) is 6.61. The first kappa shape index (κ1) is 27.0. The summed E-state index contributed by atoms with van der Waals surface area (Å²) in [6.07, 6.45) is -1.37. The number of aromatic nitrogens is 4.